The molecule has 1 aliphatic heterocycles. The van der Waals surface area contributed by atoms with Crippen LogP contribution < -0.4 is 0 Å². The third-order valence-electron chi connectivity index (χ3n) is 4.32. The van der Waals surface area contributed by atoms with Crippen molar-refractivity contribution >= 4 is 45.1 Å². The van der Waals surface area contributed by atoms with Gasteiger partial charge >= 0.3 is 0 Å². The van der Waals surface area contributed by atoms with Crippen LogP contribution in [0.1, 0.15) is 31.2 Å². The number of nitrogens with zero attached hydrogens (tertiary/aromatic N) is 3. The summed E-state index contributed by atoms with van der Waals surface area (Å²) in [6.07, 6.45) is 2.40. The normalized spacial score (nSPS) is 17.2. The highest BCUT2D eigenvalue weighted by molar-refractivity contribution is 7.99. The molecular weight excluding hydrogens is 354 g/mol. The van der Waals surface area contributed by atoms with E-state index in [4.69, 9.17) is 0 Å². The van der Waals surface area contributed by atoms with Crippen molar-refractivity contribution in [3.63, 3.8) is 0 Å². The number of unbranched alkanes of at least 4 members (excludes halogenated alkanes) is 1. The number of hydrogen-bond acceptors (Lipinski definition) is 5. The first-order valence-corrected chi connectivity index (χ1v) is 10.5. The highest BCUT2D eigenvalue weighted by atomic mass is 32.2. The maximum Gasteiger partial charge on any atom is 0.246 e. The van der Waals surface area contributed by atoms with Crippen molar-refractivity contribution in [1.82, 2.24) is 14.8 Å². The Bertz CT molecular complexity index is 729. The smallest absolute Gasteiger partial charge is 0.246 e. The van der Waals surface area contributed by atoms with Crippen molar-refractivity contribution in [2.45, 2.75) is 38.8 Å². The quantitative estimate of drug-likeness (QED) is 0.775. The van der Waals surface area contributed by atoms with Crippen LogP contribution in [0.4, 0.5) is 0 Å². The lowest BCUT2D eigenvalue weighted by Gasteiger charge is -2.27. The molecule has 1 saturated heterocycles. The molecule has 0 saturated carbocycles. The fourth-order valence-corrected chi connectivity index (χ4v) is 5.08. The van der Waals surface area contributed by atoms with E-state index >= 15 is 0 Å². The summed E-state index contributed by atoms with van der Waals surface area (Å²) in [7, 11) is 1.80. The Hall–Kier alpha value is -1.60. The molecule has 0 radical (unpaired) electrons. The number of likely N-dealkylation sites (N-methyl/N-ethyl adjacent to an activating group) is 1. The molecule has 0 bridgehead atoms. The average Bonchev–Trinajstić information content (AvgIpc) is 3.25. The lowest BCUT2D eigenvalue weighted by Crippen LogP contribution is -2.47. The molecule has 0 unspecified atom stereocenters. The molecule has 2 heterocycles. The minimum Gasteiger partial charge on any atom is -0.337 e. The van der Waals surface area contributed by atoms with E-state index in [1.165, 1.54) is 0 Å². The van der Waals surface area contributed by atoms with E-state index in [1.54, 1.807) is 39.9 Å². The van der Waals surface area contributed by atoms with Gasteiger partial charge in [-0.1, -0.05) is 25.5 Å². The molecule has 25 heavy (non-hydrogen) atoms. The highest BCUT2D eigenvalue weighted by Gasteiger charge is 2.35. The van der Waals surface area contributed by atoms with Gasteiger partial charge < -0.3 is 9.80 Å². The van der Waals surface area contributed by atoms with Crippen molar-refractivity contribution in [2.75, 3.05) is 18.7 Å². The second kappa shape index (κ2) is 8.19. The molecule has 0 N–H and O–H groups in total. The minimum absolute atomic E-state index is 0.00843. The van der Waals surface area contributed by atoms with Crippen molar-refractivity contribution in [2.24, 2.45) is 0 Å². The molecule has 2 amide bonds. The van der Waals surface area contributed by atoms with E-state index in [-0.39, 0.29) is 17.9 Å². The van der Waals surface area contributed by atoms with Gasteiger partial charge in [-0.05, 0) is 18.6 Å². The summed E-state index contributed by atoms with van der Waals surface area (Å²) >= 11 is 3.27. The Morgan fingerprint density at radius 1 is 1.36 bits per heavy atom. The SMILES string of the molecule is CCCCC(=O)N1CSC[C@@H]1C(=O)N(C)Cc1nc2ccccc2s1. The average molecular weight is 378 g/mol. The largest absolute Gasteiger partial charge is 0.337 e. The number of carbonyl (C=O) groups is 2. The molecule has 1 aliphatic rings. The zero-order chi connectivity index (χ0) is 17.8. The first kappa shape index (κ1) is 18.2. The molecule has 5 nitrogen and oxygen atoms in total. The van der Waals surface area contributed by atoms with E-state index in [1.807, 2.05) is 24.3 Å². The van der Waals surface area contributed by atoms with Gasteiger partial charge in [0.1, 0.15) is 11.0 Å². The van der Waals surface area contributed by atoms with Gasteiger partial charge in [0, 0.05) is 19.2 Å². The maximum absolute atomic E-state index is 12.8. The van der Waals surface area contributed by atoms with Crippen LogP contribution in [0.2, 0.25) is 0 Å². The second-order valence-corrected chi connectivity index (χ2v) is 8.37. The molecule has 1 aromatic heterocycles. The molecule has 1 aromatic carbocycles. The minimum atomic E-state index is -0.339. The summed E-state index contributed by atoms with van der Waals surface area (Å²) < 4.78 is 1.13. The third-order valence-corrected chi connectivity index (χ3v) is 6.35. The summed E-state index contributed by atoms with van der Waals surface area (Å²) in [5.74, 6) is 1.40. The molecule has 7 heteroatoms. The van der Waals surface area contributed by atoms with E-state index in [0.29, 0.717) is 24.6 Å². The fraction of sp³-hybridized carbons (Fsp3) is 0.500. The maximum atomic E-state index is 12.8. The van der Waals surface area contributed by atoms with Gasteiger partial charge in [-0.2, -0.15) is 0 Å². The summed E-state index contributed by atoms with van der Waals surface area (Å²) in [5, 5.41) is 0.923. The molecule has 0 aliphatic carbocycles. The molecular formula is C18H23N3O2S2. The van der Waals surface area contributed by atoms with E-state index in [2.05, 4.69) is 11.9 Å². The van der Waals surface area contributed by atoms with Crippen molar-refractivity contribution in [3.05, 3.63) is 29.3 Å². The third kappa shape index (κ3) is 4.15. The van der Waals surface area contributed by atoms with Crippen LogP contribution in [0.15, 0.2) is 24.3 Å². The Morgan fingerprint density at radius 2 is 2.16 bits per heavy atom. The van der Waals surface area contributed by atoms with Crippen molar-refractivity contribution in [1.29, 1.82) is 0 Å². The van der Waals surface area contributed by atoms with Crippen molar-refractivity contribution < 1.29 is 9.59 Å². The number of thioether (sulfide) groups is 1. The number of hydrogen-bond donors (Lipinski definition) is 0. The lowest BCUT2D eigenvalue weighted by atomic mass is 10.2. The zero-order valence-corrected chi connectivity index (χ0v) is 16.2. The van der Waals surface area contributed by atoms with Crippen LogP contribution in [0.3, 0.4) is 0 Å². The zero-order valence-electron chi connectivity index (χ0n) is 14.6. The number of carbonyl (C=O) groups excluding carboxylic acids is 2. The monoisotopic (exact) mass is 377 g/mol. The van der Waals surface area contributed by atoms with Gasteiger partial charge in [-0.15, -0.1) is 23.1 Å². The number of thiazole rings is 1. The highest BCUT2D eigenvalue weighted by Crippen LogP contribution is 2.26. The van der Waals surface area contributed by atoms with Crippen LogP contribution in [-0.4, -0.2) is 51.3 Å². The lowest BCUT2D eigenvalue weighted by molar-refractivity contribution is -0.143. The number of rotatable bonds is 6. The van der Waals surface area contributed by atoms with Gasteiger partial charge in [0.2, 0.25) is 11.8 Å². The molecule has 2 aromatic rings. The first-order chi connectivity index (χ1) is 12.1. The summed E-state index contributed by atoms with van der Waals surface area (Å²) in [5.41, 5.74) is 0.969. The van der Waals surface area contributed by atoms with Gasteiger partial charge in [-0.25, -0.2) is 4.98 Å². The number of para-hydroxylation sites is 1. The van der Waals surface area contributed by atoms with Gasteiger partial charge in [0.05, 0.1) is 22.6 Å². The van der Waals surface area contributed by atoms with E-state index in [9.17, 15) is 9.59 Å². The molecule has 3 rings (SSSR count). The second-order valence-electron chi connectivity index (χ2n) is 6.25. The Labute approximate surface area is 156 Å². The Morgan fingerprint density at radius 3 is 2.92 bits per heavy atom. The van der Waals surface area contributed by atoms with Crippen LogP contribution in [-0.2, 0) is 16.1 Å². The number of aromatic nitrogens is 1. The first-order valence-electron chi connectivity index (χ1n) is 8.56. The van der Waals surface area contributed by atoms with Crippen LogP contribution in [0.5, 0.6) is 0 Å². The van der Waals surface area contributed by atoms with Crippen molar-refractivity contribution in [3.8, 4) is 0 Å². The van der Waals surface area contributed by atoms with Gasteiger partial charge in [0.15, 0.2) is 0 Å². The number of amides is 2. The predicted octanol–water partition coefficient (Wildman–Crippen LogP) is 3.35. The van der Waals surface area contributed by atoms with Crippen LogP contribution >= 0.6 is 23.1 Å². The Kier molecular flexibility index (Phi) is 5.96. The molecule has 1 fully saturated rings. The van der Waals surface area contributed by atoms with Gasteiger partial charge in [-0.3, -0.25) is 9.59 Å². The molecule has 134 valence electrons. The van der Waals surface area contributed by atoms with Crippen LogP contribution in [0.25, 0.3) is 10.2 Å². The fourth-order valence-electron chi connectivity index (χ4n) is 2.89. The van der Waals surface area contributed by atoms with Crippen LogP contribution in [0, 0.1) is 0 Å². The number of benzene rings is 1. The molecule has 0 spiro atoms. The number of fused-ring (bicyclic) bond motifs is 1. The topological polar surface area (TPSA) is 53.5 Å². The van der Waals surface area contributed by atoms with E-state index in [0.717, 1.165) is 28.1 Å². The van der Waals surface area contributed by atoms with E-state index < -0.39 is 0 Å². The summed E-state index contributed by atoms with van der Waals surface area (Å²) in [6.45, 7) is 2.55. The summed E-state index contributed by atoms with van der Waals surface area (Å²) in [4.78, 5) is 33.2. The standard InChI is InChI=1S/C18H23N3O2S2/c1-3-4-9-17(22)21-12-24-11-14(21)18(23)20(2)10-16-19-13-7-5-6-8-15(13)25-16/h5-8,14H,3-4,9-12H2,1-2H3/t14-/m1/s1. The predicted molar refractivity (Wildman–Crippen MR) is 104 cm³/mol. The van der Waals surface area contributed by atoms with Gasteiger partial charge in [0.25, 0.3) is 0 Å². The summed E-state index contributed by atoms with van der Waals surface area (Å²) in [6, 6.07) is 7.65. The molecule has 1 atom stereocenters. The Balaban J connectivity index is 1.65.